The summed E-state index contributed by atoms with van der Waals surface area (Å²) in [6.45, 7) is 1.60. The van der Waals surface area contributed by atoms with Crippen molar-refractivity contribution in [1.29, 1.82) is 0 Å². The standard InChI is InChI=1S/C12H18N2O2/c1-7(15)13-12-4-8-2-9(5-12)11(14-16)10(3-8)6-12/h8-10,16H,2-6H2,1H3,(H,13,15)/t8?,9-,10-,12?/m0/s1. The van der Waals surface area contributed by atoms with Crippen LogP contribution in [-0.2, 0) is 4.79 Å². The molecular formula is C12H18N2O2. The van der Waals surface area contributed by atoms with Crippen molar-refractivity contribution < 1.29 is 10.0 Å². The fourth-order valence-corrected chi connectivity index (χ4v) is 4.45. The van der Waals surface area contributed by atoms with Crippen LogP contribution in [0.15, 0.2) is 5.16 Å². The van der Waals surface area contributed by atoms with Crippen molar-refractivity contribution in [2.24, 2.45) is 22.9 Å². The number of oxime groups is 1. The van der Waals surface area contributed by atoms with E-state index >= 15 is 0 Å². The molecule has 0 spiro atoms. The number of amides is 1. The molecule has 0 aliphatic heterocycles. The molecule has 4 fully saturated rings. The highest BCUT2D eigenvalue weighted by atomic mass is 16.4. The highest BCUT2D eigenvalue weighted by molar-refractivity contribution is 5.91. The summed E-state index contributed by atoms with van der Waals surface area (Å²) in [4.78, 5) is 11.3. The third-order valence-corrected chi connectivity index (χ3v) is 4.58. The van der Waals surface area contributed by atoms with Gasteiger partial charge in [0.05, 0.1) is 5.71 Å². The van der Waals surface area contributed by atoms with Crippen LogP contribution in [0.1, 0.15) is 39.0 Å². The Bertz CT molecular complexity index is 346. The van der Waals surface area contributed by atoms with Crippen LogP contribution in [0.5, 0.6) is 0 Å². The molecule has 0 aromatic heterocycles. The van der Waals surface area contributed by atoms with Crippen LogP contribution in [0.2, 0.25) is 0 Å². The van der Waals surface area contributed by atoms with E-state index in [1.165, 1.54) is 0 Å². The maximum absolute atomic E-state index is 11.3. The van der Waals surface area contributed by atoms with E-state index in [-0.39, 0.29) is 11.4 Å². The Labute approximate surface area is 95.1 Å². The van der Waals surface area contributed by atoms with Gasteiger partial charge in [0.2, 0.25) is 5.91 Å². The molecule has 4 aliphatic carbocycles. The molecule has 4 nitrogen and oxygen atoms in total. The summed E-state index contributed by atoms with van der Waals surface area (Å²) in [5.41, 5.74) is 1.01. The Balaban J connectivity index is 1.89. The zero-order valence-electron chi connectivity index (χ0n) is 9.57. The third kappa shape index (κ3) is 1.35. The molecule has 4 bridgehead atoms. The van der Waals surface area contributed by atoms with Gasteiger partial charge in [0, 0.05) is 24.3 Å². The summed E-state index contributed by atoms with van der Waals surface area (Å²) >= 11 is 0. The molecule has 0 aromatic carbocycles. The zero-order valence-corrected chi connectivity index (χ0v) is 9.57. The smallest absolute Gasteiger partial charge is 0.217 e. The molecule has 0 saturated heterocycles. The average molecular weight is 222 g/mol. The Kier molecular flexibility index (Phi) is 2.03. The van der Waals surface area contributed by atoms with Crippen LogP contribution in [0, 0.1) is 17.8 Å². The van der Waals surface area contributed by atoms with Crippen LogP contribution in [0.25, 0.3) is 0 Å². The summed E-state index contributed by atoms with van der Waals surface area (Å²) in [5, 5.41) is 15.7. The van der Waals surface area contributed by atoms with Crippen LogP contribution in [-0.4, -0.2) is 22.4 Å². The van der Waals surface area contributed by atoms with E-state index in [0.717, 1.165) is 43.7 Å². The Morgan fingerprint density at radius 1 is 1.38 bits per heavy atom. The molecule has 4 heteroatoms. The zero-order chi connectivity index (χ0) is 11.3. The molecule has 2 atom stereocenters. The number of hydrogen-bond donors (Lipinski definition) is 2. The minimum atomic E-state index is 0.0104. The van der Waals surface area contributed by atoms with Crippen LogP contribution in [0.3, 0.4) is 0 Å². The molecule has 1 amide bonds. The number of rotatable bonds is 1. The number of hydrogen-bond acceptors (Lipinski definition) is 3. The van der Waals surface area contributed by atoms with Gasteiger partial charge < -0.3 is 10.5 Å². The van der Waals surface area contributed by atoms with Crippen molar-refractivity contribution in [3.8, 4) is 0 Å². The van der Waals surface area contributed by atoms with Crippen LogP contribution >= 0.6 is 0 Å². The van der Waals surface area contributed by atoms with Crippen LogP contribution < -0.4 is 5.32 Å². The highest BCUT2D eigenvalue weighted by Gasteiger charge is 2.54. The Morgan fingerprint density at radius 3 is 2.50 bits per heavy atom. The summed E-state index contributed by atoms with van der Waals surface area (Å²) in [6.07, 6.45) is 5.37. The van der Waals surface area contributed by atoms with E-state index < -0.39 is 0 Å². The van der Waals surface area contributed by atoms with Gasteiger partial charge in [-0.2, -0.15) is 0 Å². The van der Waals surface area contributed by atoms with E-state index in [4.69, 9.17) is 5.21 Å². The topological polar surface area (TPSA) is 61.7 Å². The maximum atomic E-state index is 11.3. The van der Waals surface area contributed by atoms with E-state index in [0.29, 0.717) is 11.8 Å². The lowest BCUT2D eigenvalue weighted by Gasteiger charge is -2.56. The average Bonchev–Trinajstić information content (AvgIpc) is 2.13. The molecule has 4 rings (SSSR count). The molecule has 16 heavy (non-hydrogen) atoms. The molecule has 0 aromatic rings. The first-order valence-electron chi connectivity index (χ1n) is 6.12. The Hall–Kier alpha value is -1.06. The minimum Gasteiger partial charge on any atom is -0.411 e. The van der Waals surface area contributed by atoms with Gasteiger partial charge in [-0.25, -0.2) is 0 Å². The summed E-state index contributed by atoms with van der Waals surface area (Å²) < 4.78 is 0. The van der Waals surface area contributed by atoms with Gasteiger partial charge in [0.15, 0.2) is 0 Å². The fraction of sp³-hybridized carbons (Fsp3) is 0.833. The SMILES string of the molecule is CC(=O)NC12CC3C[C@@H](C1)C(=NO)[C@@H](C3)C2. The van der Waals surface area contributed by atoms with Gasteiger partial charge in [-0.05, 0) is 38.0 Å². The molecule has 4 saturated carbocycles. The van der Waals surface area contributed by atoms with Crippen molar-refractivity contribution in [3.05, 3.63) is 0 Å². The van der Waals surface area contributed by atoms with Crippen LogP contribution in [0.4, 0.5) is 0 Å². The van der Waals surface area contributed by atoms with E-state index in [9.17, 15) is 4.79 Å². The first-order chi connectivity index (χ1) is 7.62. The van der Waals surface area contributed by atoms with Crippen molar-refractivity contribution in [3.63, 3.8) is 0 Å². The molecule has 0 radical (unpaired) electrons. The fourth-order valence-electron chi connectivity index (χ4n) is 4.45. The largest absolute Gasteiger partial charge is 0.411 e. The number of nitrogens with one attached hydrogen (secondary N) is 1. The van der Waals surface area contributed by atoms with Gasteiger partial charge in [-0.3, -0.25) is 4.79 Å². The normalized spacial score (nSPS) is 44.6. The predicted octanol–water partition coefficient (Wildman–Crippen LogP) is 1.53. The van der Waals surface area contributed by atoms with Crippen molar-refractivity contribution >= 4 is 11.6 Å². The van der Waals surface area contributed by atoms with Crippen molar-refractivity contribution in [2.45, 2.75) is 44.6 Å². The molecular weight excluding hydrogens is 204 g/mol. The third-order valence-electron chi connectivity index (χ3n) is 4.58. The molecule has 88 valence electrons. The quantitative estimate of drug-likeness (QED) is 0.522. The van der Waals surface area contributed by atoms with Gasteiger partial charge in [0.25, 0.3) is 0 Å². The van der Waals surface area contributed by atoms with E-state index in [2.05, 4.69) is 10.5 Å². The molecule has 2 N–H and O–H groups in total. The number of carbonyl (C=O) groups excluding carboxylic acids is 1. The lowest BCUT2D eigenvalue weighted by molar-refractivity contribution is -0.122. The lowest BCUT2D eigenvalue weighted by atomic mass is 9.52. The minimum absolute atomic E-state index is 0.0104. The van der Waals surface area contributed by atoms with Gasteiger partial charge in [-0.15, -0.1) is 0 Å². The Morgan fingerprint density at radius 2 is 2.00 bits per heavy atom. The first kappa shape index (κ1) is 10.1. The number of nitrogens with zero attached hydrogens (tertiary/aromatic N) is 1. The maximum Gasteiger partial charge on any atom is 0.217 e. The second-order valence-electron chi connectivity index (χ2n) is 5.83. The molecule has 0 unspecified atom stereocenters. The monoisotopic (exact) mass is 222 g/mol. The van der Waals surface area contributed by atoms with E-state index in [1.54, 1.807) is 6.92 Å². The summed E-state index contributed by atoms with van der Waals surface area (Å²) in [6, 6.07) is 0. The van der Waals surface area contributed by atoms with E-state index in [1.807, 2.05) is 0 Å². The molecule has 4 aliphatic rings. The second-order valence-corrected chi connectivity index (χ2v) is 5.83. The molecule has 0 heterocycles. The van der Waals surface area contributed by atoms with Gasteiger partial charge >= 0.3 is 0 Å². The summed E-state index contributed by atoms with van der Waals surface area (Å²) in [5.74, 6) is 1.60. The highest BCUT2D eigenvalue weighted by Crippen LogP contribution is 2.54. The first-order valence-corrected chi connectivity index (χ1v) is 6.12. The lowest BCUT2D eigenvalue weighted by Crippen LogP contribution is -2.62. The second kappa shape index (κ2) is 3.22. The van der Waals surface area contributed by atoms with Crippen molar-refractivity contribution in [1.82, 2.24) is 5.32 Å². The predicted molar refractivity (Wildman–Crippen MR) is 59.3 cm³/mol. The van der Waals surface area contributed by atoms with Gasteiger partial charge in [-0.1, -0.05) is 5.16 Å². The van der Waals surface area contributed by atoms with Gasteiger partial charge in [0.1, 0.15) is 0 Å². The summed E-state index contributed by atoms with van der Waals surface area (Å²) in [7, 11) is 0. The number of carbonyl (C=O) groups is 1. The van der Waals surface area contributed by atoms with Crippen molar-refractivity contribution in [2.75, 3.05) is 0 Å².